The minimum absolute atomic E-state index is 0.0566. The largest absolute Gasteiger partial charge is 0.383 e. The van der Waals surface area contributed by atoms with Crippen LogP contribution < -0.4 is 5.32 Å². The number of likely N-dealkylation sites (tertiary alicyclic amines) is 1. The predicted octanol–water partition coefficient (Wildman–Crippen LogP) is 3.79. The summed E-state index contributed by atoms with van der Waals surface area (Å²) in [5, 5.41) is 1.97. The van der Waals surface area contributed by atoms with E-state index in [1.807, 2.05) is 0 Å². The number of sulfone groups is 1. The third kappa shape index (κ3) is 6.56. The standard InChI is InChI=1S/C30H34Cl2N2O7S/c1-3-19(27(36)28(37)33-14-15-41-2)16-25(35)24-17-22(42(39,40)26-7-5-4-6-23(26)32)18-34(24)29(38)30(12-13-30)20-8-10-21(31)11-9-20/h4-11,19,22,24H,3,12-18H2,1-2H3,(H,33,37)/t19-,22-,24+/m1/s1. The maximum Gasteiger partial charge on any atom is 0.287 e. The van der Waals surface area contributed by atoms with E-state index in [4.69, 9.17) is 27.9 Å². The van der Waals surface area contributed by atoms with Gasteiger partial charge in [-0.05, 0) is 55.5 Å². The Morgan fingerprint density at radius 1 is 1.07 bits per heavy atom. The molecule has 2 aromatic rings. The van der Waals surface area contributed by atoms with Crippen molar-refractivity contribution in [1.82, 2.24) is 10.2 Å². The van der Waals surface area contributed by atoms with Crippen molar-refractivity contribution in [1.29, 1.82) is 0 Å². The van der Waals surface area contributed by atoms with Crippen LogP contribution in [0.25, 0.3) is 0 Å². The highest BCUT2D eigenvalue weighted by molar-refractivity contribution is 7.92. The molecule has 3 atom stereocenters. The fraction of sp³-hybridized carbons (Fsp3) is 0.467. The van der Waals surface area contributed by atoms with Crippen LogP contribution in [-0.4, -0.2) is 74.8 Å². The van der Waals surface area contributed by atoms with Crippen LogP contribution in [0.3, 0.4) is 0 Å². The molecule has 0 radical (unpaired) electrons. The van der Waals surface area contributed by atoms with Gasteiger partial charge in [0.1, 0.15) is 0 Å². The summed E-state index contributed by atoms with van der Waals surface area (Å²) in [7, 11) is -2.55. The Labute approximate surface area is 255 Å². The van der Waals surface area contributed by atoms with Crippen molar-refractivity contribution in [2.75, 3.05) is 26.8 Å². The van der Waals surface area contributed by atoms with E-state index in [2.05, 4.69) is 5.32 Å². The molecule has 1 saturated carbocycles. The zero-order valence-electron chi connectivity index (χ0n) is 23.5. The molecule has 2 fully saturated rings. The van der Waals surface area contributed by atoms with Crippen LogP contribution in [0.2, 0.25) is 10.0 Å². The summed E-state index contributed by atoms with van der Waals surface area (Å²) in [5.74, 6) is -3.26. The average Bonchev–Trinajstić information content (AvgIpc) is 3.65. The number of nitrogens with zero attached hydrogens (tertiary/aromatic N) is 1. The Morgan fingerprint density at radius 3 is 2.33 bits per heavy atom. The molecule has 1 N–H and O–H groups in total. The highest BCUT2D eigenvalue weighted by Crippen LogP contribution is 2.51. The molecule has 4 rings (SSSR count). The van der Waals surface area contributed by atoms with Gasteiger partial charge in [0, 0.05) is 37.6 Å². The van der Waals surface area contributed by atoms with Gasteiger partial charge in [-0.25, -0.2) is 8.42 Å². The molecular formula is C30H34Cl2N2O7S. The molecule has 1 heterocycles. The maximum absolute atomic E-state index is 14.1. The summed E-state index contributed by atoms with van der Waals surface area (Å²) in [5.41, 5.74) is -0.136. The zero-order chi connectivity index (χ0) is 30.7. The summed E-state index contributed by atoms with van der Waals surface area (Å²) in [4.78, 5) is 54.5. The number of ketones is 2. The summed E-state index contributed by atoms with van der Waals surface area (Å²) in [6.45, 7) is 1.87. The van der Waals surface area contributed by atoms with Crippen molar-refractivity contribution < 1.29 is 32.3 Å². The number of hydrogen-bond donors (Lipinski definition) is 1. The average molecular weight is 638 g/mol. The van der Waals surface area contributed by atoms with Crippen LogP contribution in [0.5, 0.6) is 0 Å². The van der Waals surface area contributed by atoms with Crippen LogP contribution in [0.4, 0.5) is 0 Å². The van der Waals surface area contributed by atoms with Crippen LogP contribution in [-0.2, 0) is 39.2 Å². The van der Waals surface area contributed by atoms with E-state index in [9.17, 15) is 27.6 Å². The molecule has 0 spiro atoms. The van der Waals surface area contributed by atoms with Gasteiger partial charge in [-0.1, -0.05) is 54.4 Å². The number of amides is 2. The Morgan fingerprint density at radius 2 is 1.74 bits per heavy atom. The number of methoxy groups -OCH3 is 1. The van der Waals surface area contributed by atoms with Crippen molar-refractivity contribution in [3.8, 4) is 0 Å². The SMILES string of the molecule is CC[C@H](CC(=O)[C@@H]1C[C@@H](S(=O)(=O)c2ccccc2Cl)CN1C(=O)C1(c2ccc(Cl)cc2)CC1)C(=O)C(=O)NCCOC. The first-order chi connectivity index (χ1) is 20.0. The predicted molar refractivity (Wildman–Crippen MR) is 158 cm³/mol. The lowest BCUT2D eigenvalue weighted by Gasteiger charge is -2.29. The van der Waals surface area contributed by atoms with Crippen LogP contribution in [0, 0.1) is 5.92 Å². The van der Waals surface area contributed by atoms with E-state index in [0.717, 1.165) is 5.56 Å². The van der Waals surface area contributed by atoms with E-state index in [1.54, 1.807) is 43.3 Å². The number of benzene rings is 2. The molecule has 1 aliphatic carbocycles. The van der Waals surface area contributed by atoms with Gasteiger partial charge in [-0.15, -0.1) is 0 Å². The molecule has 42 heavy (non-hydrogen) atoms. The van der Waals surface area contributed by atoms with E-state index >= 15 is 0 Å². The number of halogens is 2. The van der Waals surface area contributed by atoms with Crippen molar-refractivity contribution in [2.24, 2.45) is 5.92 Å². The highest BCUT2D eigenvalue weighted by Gasteiger charge is 2.57. The number of rotatable bonds is 13. The molecule has 0 unspecified atom stereocenters. The minimum Gasteiger partial charge on any atom is -0.383 e. The first-order valence-electron chi connectivity index (χ1n) is 13.9. The number of Topliss-reactive ketones (excluding diaryl/α,β-unsaturated/α-hetero) is 2. The van der Waals surface area contributed by atoms with Gasteiger partial charge in [-0.3, -0.25) is 19.2 Å². The number of nitrogens with one attached hydrogen (secondary N) is 1. The Kier molecular flexibility index (Phi) is 10.1. The normalized spacial score (nSPS) is 20.1. The lowest BCUT2D eigenvalue weighted by Crippen LogP contribution is -2.47. The number of hydrogen-bond acceptors (Lipinski definition) is 7. The number of ether oxygens (including phenoxy) is 1. The second-order valence-corrected chi connectivity index (χ2v) is 13.8. The molecule has 0 bridgehead atoms. The van der Waals surface area contributed by atoms with Gasteiger partial charge in [0.05, 0.1) is 33.2 Å². The van der Waals surface area contributed by atoms with Crippen molar-refractivity contribution >= 4 is 56.4 Å². The van der Waals surface area contributed by atoms with Gasteiger partial charge >= 0.3 is 0 Å². The van der Waals surface area contributed by atoms with E-state index in [1.165, 1.54) is 24.1 Å². The van der Waals surface area contributed by atoms with Gasteiger partial charge in [-0.2, -0.15) is 0 Å². The summed E-state index contributed by atoms with van der Waals surface area (Å²) < 4.78 is 32.3. The van der Waals surface area contributed by atoms with Crippen LogP contribution in [0.1, 0.15) is 44.6 Å². The van der Waals surface area contributed by atoms with Gasteiger partial charge in [0.15, 0.2) is 15.6 Å². The highest BCUT2D eigenvalue weighted by atomic mass is 35.5. The Hall–Kier alpha value is -2.79. The first kappa shape index (κ1) is 32.1. The molecule has 9 nitrogen and oxygen atoms in total. The molecule has 2 aliphatic rings. The molecule has 12 heteroatoms. The van der Waals surface area contributed by atoms with Crippen LogP contribution in [0.15, 0.2) is 53.4 Å². The first-order valence-corrected chi connectivity index (χ1v) is 16.2. The number of carbonyl (C=O) groups excluding carboxylic acids is 4. The summed E-state index contributed by atoms with van der Waals surface area (Å²) >= 11 is 12.3. The maximum atomic E-state index is 14.1. The van der Waals surface area contributed by atoms with E-state index < -0.39 is 49.9 Å². The fourth-order valence-corrected chi connectivity index (χ4v) is 7.89. The molecular weight excluding hydrogens is 603 g/mol. The van der Waals surface area contributed by atoms with E-state index in [0.29, 0.717) is 17.9 Å². The number of carbonyl (C=O) groups is 4. The fourth-order valence-electron chi connectivity index (χ4n) is 5.54. The van der Waals surface area contributed by atoms with Crippen molar-refractivity contribution in [3.05, 3.63) is 64.1 Å². The van der Waals surface area contributed by atoms with Crippen LogP contribution >= 0.6 is 23.2 Å². The second-order valence-electron chi connectivity index (χ2n) is 10.8. The Balaban J connectivity index is 1.62. The van der Waals surface area contributed by atoms with Crippen molar-refractivity contribution in [2.45, 2.75) is 60.6 Å². The molecule has 1 aliphatic heterocycles. The lowest BCUT2D eigenvalue weighted by molar-refractivity contribution is -0.143. The smallest absolute Gasteiger partial charge is 0.287 e. The topological polar surface area (TPSA) is 127 Å². The monoisotopic (exact) mass is 636 g/mol. The third-order valence-corrected chi connectivity index (χ3v) is 11.0. The quantitative estimate of drug-likeness (QED) is 0.262. The zero-order valence-corrected chi connectivity index (χ0v) is 25.8. The lowest BCUT2D eigenvalue weighted by atomic mass is 9.90. The minimum atomic E-state index is -4.01. The molecule has 2 aromatic carbocycles. The Bertz CT molecular complexity index is 1460. The second kappa shape index (κ2) is 13.2. The molecule has 0 aromatic heterocycles. The summed E-state index contributed by atoms with van der Waals surface area (Å²) in [6, 6.07) is 11.9. The van der Waals surface area contributed by atoms with Crippen molar-refractivity contribution in [3.63, 3.8) is 0 Å². The molecule has 226 valence electrons. The van der Waals surface area contributed by atoms with E-state index in [-0.39, 0.29) is 54.8 Å². The molecule has 2 amide bonds. The van der Waals surface area contributed by atoms with Gasteiger partial charge < -0.3 is 15.0 Å². The van der Waals surface area contributed by atoms with Gasteiger partial charge in [0.25, 0.3) is 5.91 Å². The van der Waals surface area contributed by atoms with Gasteiger partial charge in [0.2, 0.25) is 11.7 Å². The summed E-state index contributed by atoms with van der Waals surface area (Å²) in [6.07, 6.45) is 0.877. The third-order valence-electron chi connectivity index (χ3n) is 8.16. The molecule has 1 saturated heterocycles.